The van der Waals surface area contributed by atoms with E-state index >= 15 is 0 Å². The van der Waals surface area contributed by atoms with E-state index in [1.807, 2.05) is 0 Å². The Balaban J connectivity index is 1.77. The predicted octanol–water partition coefficient (Wildman–Crippen LogP) is 0.266. The van der Waals surface area contributed by atoms with Crippen LogP contribution in [0, 0.1) is 5.92 Å². The number of hydrogen-bond donors (Lipinski definition) is 2. The van der Waals surface area contributed by atoms with E-state index in [0.717, 1.165) is 13.1 Å². The van der Waals surface area contributed by atoms with Gasteiger partial charge in [-0.2, -0.15) is 0 Å². The molecule has 0 radical (unpaired) electrons. The molecule has 158 valence electrons. The third-order valence-electron chi connectivity index (χ3n) is 4.84. The first-order chi connectivity index (χ1) is 13.0. The third-order valence-corrected chi connectivity index (χ3v) is 7.69. The second kappa shape index (κ2) is 9.31. The summed E-state index contributed by atoms with van der Waals surface area (Å²) in [5.74, 6) is -0.104. The largest absolute Gasteiger partial charge is 0.326 e. The minimum Gasteiger partial charge on any atom is -0.326 e. The van der Waals surface area contributed by atoms with Crippen molar-refractivity contribution in [2.45, 2.75) is 24.2 Å². The minimum atomic E-state index is -3.76. The molecule has 3 N–H and O–H groups in total. The second-order valence-corrected chi connectivity index (χ2v) is 11.0. The van der Waals surface area contributed by atoms with E-state index in [4.69, 9.17) is 5.14 Å². The van der Waals surface area contributed by atoms with Gasteiger partial charge >= 0.3 is 0 Å². The summed E-state index contributed by atoms with van der Waals surface area (Å²) >= 11 is 0. The fourth-order valence-corrected chi connectivity index (χ4v) is 4.42. The van der Waals surface area contributed by atoms with Crippen molar-refractivity contribution in [3.8, 4) is 0 Å². The zero-order valence-electron chi connectivity index (χ0n) is 16.2. The Labute approximate surface area is 167 Å². The van der Waals surface area contributed by atoms with E-state index in [1.54, 1.807) is 0 Å². The fourth-order valence-electron chi connectivity index (χ4n) is 3.04. The van der Waals surface area contributed by atoms with Crippen molar-refractivity contribution in [1.29, 1.82) is 0 Å². The summed E-state index contributed by atoms with van der Waals surface area (Å²) in [6.45, 7) is 2.17. The highest BCUT2D eigenvalue weighted by molar-refractivity contribution is 7.89. The number of rotatable bonds is 8. The molecule has 0 unspecified atom stereocenters. The first-order valence-corrected chi connectivity index (χ1v) is 12.2. The number of primary sulfonamides is 1. The predicted molar refractivity (Wildman–Crippen MR) is 108 cm³/mol. The van der Waals surface area contributed by atoms with Crippen LogP contribution in [0.3, 0.4) is 0 Å². The summed E-state index contributed by atoms with van der Waals surface area (Å²) in [5, 5.41) is 7.86. The molecule has 1 aliphatic heterocycles. The lowest BCUT2D eigenvalue weighted by Gasteiger charge is -2.31. The molecular formula is C17H28N4O5S2. The lowest BCUT2D eigenvalue weighted by molar-refractivity contribution is -0.121. The van der Waals surface area contributed by atoms with E-state index < -0.39 is 20.0 Å². The van der Waals surface area contributed by atoms with Gasteiger partial charge in [0, 0.05) is 25.7 Å². The van der Waals surface area contributed by atoms with E-state index in [0.29, 0.717) is 31.5 Å². The highest BCUT2D eigenvalue weighted by Gasteiger charge is 2.25. The van der Waals surface area contributed by atoms with Gasteiger partial charge in [-0.1, -0.05) is 0 Å². The van der Waals surface area contributed by atoms with Crippen LogP contribution in [0.5, 0.6) is 0 Å². The average molecular weight is 433 g/mol. The molecule has 1 fully saturated rings. The van der Waals surface area contributed by atoms with Crippen LogP contribution >= 0.6 is 0 Å². The first kappa shape index (κ1) is 22.8. The van der Waals surface area contributed by atoms with E-state index in [-0.39, 0.29) is 22.5 Å². The molecule has 0 saturated carbocycles. The topological polar surface area (TPSA) is 130 Å². The number of carbonyl (C=O) groups excluding carboxylic acids is 1. The molecule has 1 amide bonds. The van der Waals surface area contributed by atoms with Gasteiger partial charge in [0.2, 0.25) is 26.0 Å². The van der Waals surface area contributed by atoms with Crippen LogP contribution in [-0.4, -0.2) is 71.4 Å². The van der Waals surface area contributed by atoms with Crippen molar-refractivity contribution in [2.24, 2.45) is 11.1 Å². The fraction of sp³-hybridized carbons (Fsp3) is 0.588. The van der Waals surface area contributed by atoms with Crippen molar-refractivity contribution < 1.29 is 21.6 Å². The zero-order valence-corrected chi connectivity index (χ0v) is 17.8. The lowest BCUT2D eigenvalue weighted by Crippen LogP contribution is -2.39. The Kier molecular flexibility index (Phi) is 7.57. The highest BCUT2D eigenvalue weighted by Crippen LogP contribution is 2.20. The van der Waals surface area contributed by atoms with Crippen LogP contribution in [0.2, 0.25) is 0 Å². The number of amides is 1. The smallest absolute Gasteiger partial charge is 0.238 e. The Hall–Kier alpha value is -1.53. The SMILES string of the molecule is CN(C)S(=O)(=O)CCCN1CCC(C(=O)Nc2ccc(S(N)(=O)=O)cc2)CC1. The molecule has 1 aromatic carbocycles. The zero-order chi connectivity index (χ0) is 20.9. The van der Waals surface area contributed by atoms with Crippen molar-refractivity contribution in [1.82, 2.24) is 9.21 Å². The van der Waals surface area contributed by atoms with Crippen LogP contribution in [0.15, 0.2) is 29.2 Å². The molecule has 0 atom stereocenters. The van der Waals surface area contributed by atoms with Crippen molar-refractivity contribution in [2.75, 3.05) is 44.8 Å². The normalized spacial score (nSPS) is 17.0. The summed E-state index contributed by atoms with van der Waals surface area (Å²) < 4.78 is 47.3. The Morgan fingerprint density at radius 3 is 2.21 bits per heavy atom. The van der Waals surface area contributed by atoms with Gasteiger partial charge in [0.05, 0.1) is 10.6 Å². The maximum atomic E-state index is 12.4. The maximum Gasteiger partial charge on any atom is 0.238 e. The maximum absolute atomic E-state index is 12.4. The Morgan fingerprint density at radius 1 is 1.14 bits per heavy atom. The number of likely N-dealkylation sites (tertiary alicyclic amines) is 1. The molecule has 0 aliphatic carbocycles. The summed E-state index contributed by atoms with van der Waals surface area (Å²) in [5.41, 5.74) is 0.522. The highest BCUT2D eigenvalue weighted by atomic mass is 32.2. The number of anilines is 1. The molecule has 28 heavy (non-hydrogen) atoms. The number of nitrogens with one attached hydrogen (secondary N) is 1. The van der Waals surface area contributed by atoms with Crippen LogP contribution in [0.4, 0.5) is 5.69 Å². The molecule has 0 aromatic heterocycles. The number of sulfonamides is 2. The van der Waals surface area contributed by atoms with Gasteiger partial charge in [0.1, 0.15) is 0 Å². The number of benzene rings is 1. The summed E-state index contributed by atoms with van der Waals surface area (Å²) in [4.78, 5) is 14.6. The summed E-state index contributed by atoms with van der Waals surface area (Å²) in [7, 11) is -3.87. The quantitative estimate of drug-likeness (QED) is 0.606. The number of piperidine rings is 1. The molecule has 0 spiro atoms. The van der Waals surface area contributed by atoms with Gasteiger partial charge in [-0.05, 0) is 63.2 Å². The Bertz CT molecular complexity index is 875. The van der Waals surface area contributed by atoms with Crippen LogP contribution in [0.25, 0.3) is 0 Å². The number of carbonyl (C=O) groups is 1. The number of nitrogens with two attached hydrogens (primary N) is 1. The monoisotopic (exact) mass is 432 g/mol. The van der Waals surface area contributed by atoms with Gasteiger partial charge in [-0.25, -0.2) is 26.3 Å². The lowest BCUT2D eigenvalue weighted by atomic mass is 9.95. The molecule has 11 heteroatoms. The third kappa shape index (κ3) is 6.52. The standard InChI is InChI=1S/C17H28N4O5S2/c1-20(2)27(23,24)13-3-10-21-11-8-14(9-12-21)17(22)19-15-4-6-16(7-5-15)28(18,25)26/h4-7,14H,3,8-13H2,1-2H3,(H,19,22)(H2,18,25,26). The van der Waals surface area contributed by atoms with Crippen molar-refractivity contribution >= 4 is 31.6 Å². The summed E-state index contributed by atoms with van der Waals surface area (Å²) in [6.07, 6.45) is 1.96. The van der Waals surface area contributed by atoms with Gasteiger partial charge in [0.15, 0.2) is 0 Å². The molecule has 9 nitrogen and oxygen atoms in total. The molecule has 1 saturated heterocycles. The molecule has 2 rings (SSSR count). The Morgan fingerprint density at radius 2 is 1.71 bits per heavy atom. The van der Waals surface area contributed by atoms with E-state index in [9.17, 15) is 21.6 Å². The van der Waals surface area contributed by atoms with Crippen LogP contribution in [0.1, 0.15) is 19.3 Å². The van der Waals surface area contributed by atoms with Gasteiger partial charge in [-0.3, -0.25) is 4.79 Å². The molecule has 1 heterocycles. The van der Waals surface area contributed by atoms with Gasteiger partial charge < -0.3 is 10.2 Å². The first-order valence-electron chi connectivity index (χ1n) is 9.05. The van der Waals surface area contributed by atoms with Crippen molar-refractivity contribution in [3.05, 3.63) is 24.3 Å². The van der Waals surface area contributed by atoms with Gasteiger partial charge in [0.25, 0.3) is 0 Å². The average Bonchev–Trinajstić information content (AvgIpc) is 2.61. The molecule has 0 bridgehead atoms. The number of hydrogen-bond acceptors (Lipinski definition) is 6. The van der Waals surface area contributed by atoms with Crippen LogP contribution < -0.4 is 10.5 Å². The van der Waals surface area contributed by atoms with E-state index in [1.165, 1.54) is 42.7 Å². The summed E-state index contributed by atoms with van der Waals surface area (Å²) in [6, 6.07) is 5.74. The van der Waals surface area contributed by atoms with Crippen molar-refractivity contribution in [3.63, 3.8) is 0 Å². The molecular weight excluding hydrogens is 404 g/mol. The molecule has 1 aliphatic rings. The molecule has 1 aromatic rings. The van der Waals surface area contributed by atoms with E-state index in [2.05, 4.69) is 10.2 Å². The van der Waals surface area contributed by atoms with Crippen LogP contribution in [-0.2, 0) is 24.8 Å². The van der Waals surface area contributed by atoms with Gasteiger partial charge in [-0.15, -0.1) is 0 Å². The number of nitrogens with zero attached hydrogens (tertiary/aromatic N) is 2. The minimum absolute atomic E-state index is 0.00455. The second-order valence-electron chi connectivity index (χ2n) is 7.13.